The van der Waals surface area contributed by atoms with E-state index in [0.29, 0.717) is 19.3 Å². The first-order valence-corrected chi connectivity index (χ1v) is 26.6. The smallest absolute Gasteiger partial charge is 0.362 e. The molecule has 8 nitrogen and oxygen atoms in total. The van der Waals surface area contributed by atoms with Gasteiger partial charge in [-0.1, -0.05) is 187 Å². The van der Waals surface area contributed by atoms with Gasteiger partial charge in [0.05, 0.1) is 34.4 Å². The quantitative estimate of drug-likeness (QED) is 0.0281. The van der Waals surface area contributed by atoms with Crippen molar-refractivity contribution < 1.29 is 38.2 Å². The molecule has 0 heterocycles. The molecule has 384 valence electrons. The molecule has 0 aliphatic rings. The van der Waals surface area contributed by atoms with Crippen LogP contribution in [0.2, 0.25) is 0 Å². The second-order valence-corrected chi connectivity index (χ2v) is 18.4. The summed E-state index contributed by atoms with van der Waals surface area (Å²) in [5, 5.41) is 9.67. The van der Waals surface area contributed by atoms with Crippen LogP contribution in [-0.2, 0) is 28.6 Å². The number of quaternary nitrogens is 1. The largest absolute Gasteiger partial charge is 0.477 e. The Morgan fingerprint density at radius 1 is 0.441 bits per heavy atom. The highest BCUT2D eigenvalue weighted by Crippen LogP contribution is 2.14. The number of esters is 2. The summed E-state index contributed by atoms with van der Waals surface area (Å²) in [5.74, 6) is -1.53. The number of carboxylic acids is 1. The van der Waals surface area contributed by atoms with Crippen molar-refractivity contribution in [1.29, 1.82) is 0 Å². The average Bonchev–Trinajstić information content (AvgIpc) is 3.30. The van der Waals surface area contributed by atoms with Crippen molar-refractivity contribution >= 4 is 17.9 Å². The molecule has 1 N–H and O–H groups in total. The number of ether oxygens (including phenoxy) is 3. The zero-order chi connectivity index (χ0) is 49.9. The van der Waals surface area contributed by atoms with E-state index in [1.54, 1.807) is 0 Å². The molecule has 0 amide bonds. The van der Waals surface area contributed by atoms with Gasteiger partial charge in [-0.3, -0.25) is 9.59 Å². The second kappa shape index (κ2) is 49.2. The summed E-state index contributed by atoms with van der Waals surface area (Å²) in [6.45, 7) is 4.46. The molecule has 2 atom stereocenters. The monoisotopic (exact) mass is 945 g/mol. The molecular weight excluding hydrogens is 847 g/mol. The molecule has 0 spiro atoms. The van der Waals surface area contributed by atoms with Gasteiger partial charge in [0.25, 0.3) is 0 Å². The van der Waals surface area contributed by atoms with Crippen LogP contribution in [0.3, 0.4) is 0 Å². The molecule has 0 bridgehead atoms. The van der Waals surface area contributed by atoms with Crippen molar-refractivity contribution in [2.24, 2.45) is 0 Å². The van der Waals surface area contributed by atoms with Crippen molar-refractivity contribution in [2.45, 2.75) is 199 Å². The molecular formula is C60H98NO7+. The van der Waals surface area contributed by atoms with Gasteiger partial charge >= 0.3 is 17.9 Å². The lowest BCUT2D eigenvalue weighted by molar-refractivity contribution is -0.887. The van der Waals surface area contributed by atoms with Crippen LogP contribution in [0.4, 0.5) is 0 Å². The van der Waals surface area contributed by atoms with Gasteiger partial charge in [-0.2, -0.15) is 0 Å². The molecule has 0 saturated heterocycles. The van der Waals surface area contributed by atoms with Gasteiger partial charge in [0.1, 0.15) is 6.61 Å². The van der Waals surface area contributed by atoms with Gasteiger partial charge in [-0.05, 0) is 103 Å². The lowest BCUT2D eigenvalue weighted by Crippen LogP contribution is -2.50. The molecule has 8 heteroatoms. The van der Waals surface area contributed by atoms with E-state index in [1.807, 2.05) is 21.1 Å². The van der Waals surface area contributed by atoms with Gasteiger partial charge in [-0.15, -0.1) is 0 Å². The molecule has 0 fully saturated rings. The topological polar surface area (TPSA) is 99.1 Å². The molecule has 2 unspecified atom stereocenters. The van der Waals surface area contributed by atoms with Crippen molar-refractivity contribution in [1.82, 2.24) is 0 Å². The SMILES string of the molecule is CC/C=C/C/C=C/C/C=C/C/C=C/C/C=C/C/C=C/CCCCCC(=O)OC(COCCC(C(=O)O)[N+](C)(C)C)COC(=O)CCCCCCCCCCC/C=C/C/C=C/C/C=C/C/C=C/CC. The number of carbonyl (C=O) groups excluding carboxylic acids is 2. The summed E-state index contributed by atoms with van der Waals surface area (Å²) in [4.78, 5) is 37.2. The molecule has 0 rings (SSSR count). The highest BCUT2D eigenvalue weighted by atomic mass is 16.6. The van der Waals surface area contributed by atoms with E-state index in [0.717, 1.165) is 109 Å². The highest BCUT2D eigenvalue weighted by molar-refractivity contribution is 5.72. The molecule has 0 aromatic heterocycles. The number of aliphatic carboxylic acids is 1. The van der Waals surface area contributed by atoms with Crippen molar-refractivity contribution in [3.63, 3.8) is 0 Å². The van der Waals surface area contributed by atoms with Crippen LogP contribution in [0.5, 0.6) is 0 Å². The van der Waals surface area contributed by atoms with Crippen LogP contribution < -0.4 is 0 Å². The Balaban J connectivity index is 4.33. The number of unbranched alkanes of at least 4 members (excludes halogenated alkanes) is 12. The Labute approximate surface area is 416 Å². The zero-order valence-electron chi connectivity index (χ0n) is 43.8. The highest BCUT2D eigenvalue weighted by Gasteiger charge is 2.31. The molecule has 0 aromatic carbocycles. The molecule has 0 aromatic rings. The van der Waals surface area contributed by atoms with Gasteiger partial charge < -0.3 is 23.8 Å². The minimum Gasteiger partial charge on any atom is -0.477 e. The number of carboxylic acid groups (broad SMARTS) is 1. The Kier molecular flexibility index (Phi) is 46.1. The van der Waals surface area contributed by atoms with Gasteiger partial charge in [0.15, 0.2) is 12.1 Å². The first-order chi connectivity index (χ1) is 33.1. The third kappa shape index (κ3) is 46.8. The van der Waals surface area contributed by atoms with Gasteiger partial charge in [0, 0.05) is 19.3 Å². The summed E-state index contributed by atoms with van der Waals surface area (Å²) in [7, 11) is 5.51. The molecule has 0 saturated carbocycles. The number of hydrogen-bond acceptors (Lipinski definition) is 6. The fraction of sp³-hybridized carbons (Fsp3) is 0.617. The van der Waals surface area contributed by atoms with E-state index in [1.165, 1.54) is 38.5 Å². The third-order valence-electron chi connectivity index (χ3n) is 11.1. The van der Waals surface area contributed by atoms with E-state index >= 15 is 0 Å². The van der Waals surface area contributed by atoms with Gasteiger partial charge in [0.2, 0.25) is 0 Å². The van der Waals surface area contributed by atoms with E-state index in [9.17, 15) is 19.5 Å². The Morgan fingerprint density at radius 2 is 0.779 bits per heavy atom. The average molecular weight is 945 g/mol. The standard InChI is InChI=1S/C60H97NO7/c1-6-8-10-12-14-16-18-20-22-24-26-28-30-32-34-36-38-40-42-44-46-48-50-58(62)67-55-56(54-66-53-52-57(60(64)65)61(3,4)5)68-59(63)51-49-47-45-43-41-39-37-35-33-31-29-27-25-23-21-19-17-15-13-11-9-7-2/h8-11,14-17,20-23,26-29,33,35,39,41,56-57H,6-7,12-13,18-19,24-25,30-32,34,36-38,40,42-55H2,1-5H3/p+1/b10-8+,11-9+,16-14+,17-15+,22-20+,23-21+,28-26+,29-27+,35-33+,41-39+. The van der Waals surface area contributed by atoms with Crippen molar-refractivity contribution in [3.05, 3.63) is 122 Å². The van der Waals surface area contributed by atoms with E-state index < -0.39 is 18.1 Å². The van der Waals surface area contributed by atoms with E-state index in [2.05, 4.69) is 135 Å². The summed E-state index contributed by atoms with van der Waals surface area (Å²) < 4.78 is 17.3. The summed E-state index contributed by atoms with van der Waals surface area (Å²) in [6, 6.07) is -0.631. The van der Waals surface area contributed by atoms with Gasteiger partial charge in [-0.25, -0.2) is 4.79 Å². The molecule has 0 aliphatic heterocycles. The summed E-state index contributed by atoms with van der Waals surface area (Å²) >= 11 is 0. The molecule has 68 heavy (non-hydrogen) atoms. The first-order valence-electron chi connectivity index (χ1n) is 26.6. The maximum atomic E-state index is 12.8. The van der Waals surface area contributed by atoms with Crippen LogP contribution in [0.1, 0.15) is 187 Å². The number of allylic oxidation sites excluding steroid dienone is 20. The Morgan fingerprint density at radius 3 is 1.16 bits per heavy atom. The Bertz CT molecular complexity index is 1520. The first kappa shape index (κ1) is 63.7. The molecule has 0 aliphatic carbocycles. The predicted molar refractivity (Wildman–Crippen MR) is 289 cm³/mol. The van der Waals surface area contributed by atoms with Crippen LogP contribution in [-0.4, -0.2) is 80.6 Å². The third-order valence-corrected chi connectivity index (χ3v) is 11.1. The fourth-order valence-corrected chi connectivity index (χ4v) is 7.09. The lowest BCUT2D eigenvalue weighted by Gasteiger charge is -2.31. The summed E-state index contributed by atoms with van der Waals surface area (Å²) in [6.07, 6.45) is 69.6. The number of carbonyl (C=O) groups is 3. The minimum absolute atomic E-state index is 0.0373. The predicted octanol–water partition coefficient (Wildman–Crippen LogP) is 15.8. The zero-order valence-corrected chi connectivity index (χ0v) is 43.8. The van der Waals surface area contributed by atoms with Crippen LogP contribution >= 0.6 is 0 Å². The fourth-order valence-electron chi connectivity index (χ4n) is 7.09. The van der Waals surface area contributed by atoms with E-state index in [4.69, 9.17) is 14.2 Å². The van der Waals surface area contributed by atoms with Crippen molar-refractivity contribution in [3.8, 4) is 0 Å². The summed E-state index contributed by atoms with van der Waals surface area (Å²) in [5.41, 5.74) is 0. The lowest BCUT2D eigenvalue weighted by atomic mass is 10.1. The Hall–Kier alpha value is -4.27. The van der Waals surface area contributed by atoms with Crippen molar-refractivity contribution in [2.75, 3.05) is 41.0 Å². The van der Waals surface area contributed by atoms with Crippen LogP contribution in [0.15, 0.2) is 122 Å². The number of likely N-dealkylation sites (N-methyl/N-ethyl adjacent to an activating group) is 1. The minimum atomic E-state index is -0.886. The number of nitrogens with zero attached hydrogens (tertiary/aromatic N) is 1. The maximum Gasteiger partial charge on any atom is 0.362 e. The second-order valence-electron chi connectivity index (χ2n) is 18.4. The van der Waals surface area contributed by atoms with Crippen LogP contribution in [0.25, 0.3) is 0 Å². The normalized spacial score (nSPS) is 13.8. The van der Waals surface area contributed by atoms with E-state index in [-0.39, 0.29) is 42.7 Å². The molecule has 0 radical (unpaired) electrons. The maximum absolute atomic E-state index is 12.8. The number of rotatable bonds is 46. The number of hydrogen-bond donors (Lipinski definition) is 1. The van der Waals surface area contributed by atoms with Crippen LogP contribution in [0, 0.1) is 0 Å².